The number of rotatable bonds is 7. The van der Waals surface area contributed by atoms with E-state index in [4.69, 9.17) is 0 Å². The molecule has 1 N–H and O–H groups in total. The van der Waals surface area contributed by atoms with Gasteiger partial charge in [0, 0.05) is 14.1 Å². The molecule has 0 aliphatic carbocycles. The molecule has 16 heavy (non-hydrogen) atoms. The van der Waals surface area contributed by atoms with Crippen LogP contribution in [0.3, 0.4) is 0 Å². The molecule has 0 amide bonds. The minimum Gasteiger partial charge on any atom is -0.388 e. The Bertz CT molecular complexity index is 219. The van der Waals surface area contributed by atoms with Crippen LogP contribution >= 0.6 is 0 Å². The zero-order valence-corrected chi connectivity index (χ0v) is 12.7. The lowest BCUT2D eigenvalue weighted by atomic mass is 10.3. The van der Waals surface area contributed by atoms with Gasteiger partial charge in [-0.15, -0.1) is 0 Å². The van der Waals surface area contributed by atoms with Gasteiger partial charge in [-0.2, -0.15) is 5.10 Å². The molecule has 4 heteroatoms. The fraction of sp³-hybridized carbons (Fsp3) is 0.917. The molecule has 0 fully saturated rings. The minimum atomic E-state index is -1.66. The van der Waals surface area contributed by atoms with Crippen LogP contribution in [0.4, 0.5) is 0 Å². The van der Waals surface area contributed by atoms with Crippen LogP contribution in [0.25, 0.3) is 0 Å². The lowest BCUT2D eigenvalue weighted by Crippen LogP contribution is -2.58. The Labute approximate surface area is 102 Å². The lowest BCUT2D eigenvalue weighted by molar-refractivity contribution is 0.180. The second-order valence-electron chi connectivity index (χ2n) is 4.71. The zero-order valence-electron chi connectivity index (χ0n) is 11.7. The highest BCUT2D eigenvalue weighted by Gasteiger charge is 2.46. The SMILES string of the molecule is CCC(O)(C=NN(C)C)[Si](CC)(CC)CC. The number of hydrogen-bond donors (Lipinski definition) is 1. The Hall–Kier alpha value is -0.353. The van der Waals surface area contributed by atoms with E-state index in [0.29, 0.717) is 0 Å². The monoisotopic (exact) mass is 244 g/mol. The van der Waals surface area contributed by atoms with E-state index >= 15 is 0 Å². The van der Waals surface area contributed by atoms with Crippen LogP contribution in [0.5, 0.6) is 0 Å². The number of aliphatic hydroxyl groups is 1. The van der Waals surface area contributed by atoms with Gasteiger partial charge in [0.05, 0.1) is 19.5 Å². The Balaban J connectivity index is 5.18. The molecule has 0 heterocycles. The quantitative estimate of drug-likeness (QED) is 0.425. The summed E-state index contributed by atoms with van der Waals surface area (Å²) in [6, 6.07) is 3.34. The summed E-state index contributed by atoms with van der Waals surface area (Å²) < 4.78 is 0. The van der Waals surface area contributed by atoms with Crippen LogP contribution in [-0.4, -0.2) is 43.7 Å². The average Bonchev–Trinajstić information content (AvgIpc) is 2.29. The van der Waals surface area contributed by atoms with Gasteiger partial charge >= 0.3 is 0 Å². The van der Waals surface area contributed by atoms with Crippen molar-refractivity contribution in [1.82, 2.24) is 5.01 Å². The van der Waals surface area contributed by atoms with Crippen molar-refractivity contribution in [1.29, 1.82) is 0 Å². The largest absolute Gasteiger partial charge is 0.388 e. The molecule has 0 radical (unpaired) electrons. The van der Waals surface area contributed by atoms with Crippen LogP contribution < -0.4 is 0 Å². The van der Waals surface area contributed by atoms with Crippen molar-refractivity contribution < 1.29 is 5.11 Å². The Morgan fingerprint density at radius 2 is 1.56 bits per heavy atom. The molecule has 3 nitrogen and oxygen atoms in total. The van der Waals surface area contributed by atoms with Crippen molar-refractivity contribution in [3.05, 3.63) is 0 Å². The summed E-state index contributed by atoms with van der Waals surface area (Å²) in [5, 5.41) is 16.2. The first-order valence-corrected chi connectivity index (χ1v) is 8.98. The van der Waals surface area contributed by atoms with E-state index in [9.17, 15) is 5.11 Å². The molecule has 0 saturated heterocycles. The Morgan fingerprint density at radius 1 is 1.12 bits per heavy atom. The van der Waals surface area contributed by atoms with Gasteiger partial charge < -0.3 is 10.1 Å². The highest BCUT2D eigenvalue weighted by atomic mass is 28.3. The van der Waals surface area contributed by atoms with Crippen molar-refractivity contribution in [3.8, 4) is 0 Å². The first-order valence-electron chi connectivity index (χ1n) is 6.36. The molecule has 0 aromatic rings. The van der Waals surface area contributed by atoms with Crippen LogP contribution in [-0.2, 0) is 0 Å². The summed E-state index contributed by atoms with van der Waals surface area (Å²) in [7, 11) is 2.12. The first-order chi connectivity index (χ1) is 7.41. The Morgan fingerprint density at radius 3 is 1.81 bits per heavy atom. The van der Waals surface area contributed by atoms with Gasteiger partial charge in [-0.3, -0.25) is 0 Å². The predicted molar refractivity (Wildman–Crippen MR) is 74.6 cm³/mol. The van der Waals surface area contributed by atoms with E-state index in [2.05, 4.69) is 32.8 Å². The third kappa shape index (κ3) is 3.07. The molecule has 1 unspecified atom stereocenters. The van der Waals surface area contributed by atoms with E-state index in [-0.39, 0.29) is 0 Å². The molecule has 0 aromatic heterocycles. The van der Waals surface area contributed by atoms with Crippen molar-refractivity contribution in [2.75, 3.05) is 14.1 Å². The molecular formula is C12H28N2OSi. The summed E-state index contributed by atoms with van der Waals surface area (Å²) in [5.74, 6) is 0. The van der Waals surface area contributed by atoms with Gasteiger partial charge in [-0.25, -0.2) is 0 Å². The maximum absolute atomic E-state index is 10.9. The molecule has 0 spiro atoms. The first kappa shape index (κ1) is 15.6. The van der Waals surface area contributed by atoms with Gasteiger partial charge in [0.2, 0.25) is 0 Å². The molecule has 0 bridgehead atoms. The van der Waals surface area contributed by atoms with Crippen LogP contribution in [0.15, 0.2) is 5.10 Å². The van der Waals surface area contributed by atoms with Crippen LogP contribution in [0.1, 0.15) is 34.1 Å². The summed E-state index contributed by atoms with van der Waals surface area (Å²) in [6.45, 7) is 8.69. The van der Waals surface area contributed by atoms with E-state index in [1.807, 2.05) is 14.1 Å². The third-order valence-corrected chi connectivity index (χ3v) is 10.4. The normalized spacial score (nSPS) is 16.4. The van der Waals surface area contributed by atoms with Crippen molar-refractivity contribution in [2.45, 2.75) is 57.5 Å². The number of hydrogen-bond acceptors (Lipinski definition) is 3. The van der Waals surface area contributed by atoms with Gasteiger partial charge in [-0.1, -0.05) is 45.8 Å². The van der Waals surface area contributed by atoms with Crippen LogP contribution in [0, 0.1) is 0 Å². The predicted octanol–water partition coefficient (Wildman–Crippen LogP) is 2.72. The second kappa shape index (κ2) is 6.40. The van der Waals surface area contributed by atoms with E-state index < -0.39 is 13.3 Å². The zero-order chi connectivity index (χ0) is 12.8. The molecule has 0 aliphatic rings. The molecular weight excluding hydrogens is 216 g/mol. The molecule has 96 valence electrons. The summed E-state index contributed by atoms with van der Waals surface area (Å²) in [4.78, 5) is 0. The maximum atomic E-state index is 10.9. The molecule has 0 aliphatic heterocycles. The smallest absolute Gasteiger partial charge is 0.0974 e. The highest BCUT2D eigenvalue weighted by molar-refractivity contribution is 6.84. The topological polar surface area (TPSA) is 35.8 Å². The van der Waals surface area contributed by atoms with Crippen molar-refractivity contribution in [3.63, 3.8) is 0 Å². The molecule has 0 saturated carbocycles. The number of nitrogens with zero attached hydrogens (tertiary/aromatic N) is 2. The van der Waals surface area contributed by atoms with Gasteiger partial charge in [0.25, 0.3) is 0 Å². The highest BCUT2D eigenvalue weighted by Crippen LogP contribution is 2.33. The van der Waals surface area contributed by atoms with Gasteiger partial charge in [0.1, 0.15) is 0 Å². The maximum Gasteiger partial charge on any atom is 0.0974 e. The van der Waals surface area contributed by atoms with E-state index in [1.165, 1.54) is 0 Å². The van der Waals surface area contributed by atoms with Crippen molar-refractivity contribution in [2.24, 2.45) is 5.10 Å². The summed E-state index contributed by atoms with van der Waals surface area (Å²) in [5.41, 5.74) is 0. The summed E-state index contributed by atoms with van der Waals surface area (Å²) in [6.07, 6.45) is 2.56. The lowest BCUT2D eigenvalue weighted by Gasteiger charge is -2.42. The average molecular weight is 244 g/mol. The number of hydrazone groups is 1. The van der Waals surface area contributed by atoms with E-state index in [0.717, 1.165) is 24.6 Å². The van der Waals surface area contributed by atoms with E-state index in [1.54, 1.807) is 11.2 Å². The van der Waals surface area contributed by atoms with Crippen molar-refractivity contribution >= 4 is 14.3 Å². The standard InChI is InChI=1S/C12H28N2OSi/c1-7-12(15,11-13-14(5)6)16(8-2,9-3)10-4/h11,15H,7-10H2,1-6H3. The fourth-order valence-electron chi connectivity index (χ4n) is 2.48. The molecule has 0 aromatic carbocycles. The molecule has 0 rings (SSSR count). The fourth-order valence-corrected chi connectivity index (χ4v) is 6.90. The second-order valence-corrected chi connectivity index (χ2v) is 10.3. The van der Waals surface area contributed by atoms with Gasteiger partial charge in [-0.05, 0) is 6.42 Å². The van der Waals surface area contributed by atoms with Gasteiger partial charge in [0.15, 0.2) is 0 Å². The summed E-state index contributed by atoms with van der Waals surface area (Å²) >= 11 is 0. The Kier molecular flexibility index (Phi) is 6.26. The molecule has 1 atom stereocenters. The van der Waals surface area contributed by atoms with Crippen LogP contribution in [0.2, 0.25) is 18.1 Å². The minimum absolute atomic E-state index is 0.657. The third-order valence-electron chi connectivity index (χ3n) is 3.99.